The third-order valence-electron chi connectivity index (χ3n) is 4.46. The third kappa shape index (κ3) is 3.62. The number of amides is 1. The fourth-order valence-electron chi connectivity index (χ4n) is 2.94. The molecule has 0 saturated carbocycles. The molecule has 2 heterocycles. The zero-order chi connectivity index (χ0) is 19.5. The van der Waals surface area contributed by atoms with Crippen LogP contribution in [0.15, 0.2) is 64.3 Å². The Morgan fingerprint density at radius 1 is 1.11 bits per heavy atom. The number of hydrogen-bond donors (Lipinski definition) is 1. The lowest BCUT2D eigenvalue weighted by Crippen LogP contribution is -2.39. The van der Waals surface area contributed by atoms with E-state index in [9.17, 15) is 9.18 Å². The van der Waals surface area contributed by atoms with Crippen molar-refractivity contribution in [1.82, 2.24) is 15.5 Å². The highest BCUT2D eigenvalue weighted by Crippen LogP contribution is 2.23. The van der Waals surface area contributed by atoms with Gasteiger partial charge >= 0.3 is 0 Å². The van der Waals surface area contributed by atoms with Crippen LogP contribution < -0.4 is 5.32 Å². The van der Waals surface area contributed by atoms with Crippen LogP contribution >= 0.6 is 0 Å². The van der Waals surface area contributed by atoms with Crippen LogP contribution in [-0.2, 0) is 16.2 Å². The van der Waals surface area contributed by atoms with Crippen molar-refractivity contribution in [3.63, 3.8) is 0 Å². The smallest absolute Gasteiger partial charge is 0.265 e. The van der Waals surface area contributed by atoms with Crippen molar-refractivity contribution in [3.8, 4) is 11.4 Å². The summed E-state index contributed by atoms with van der Waals surface area (Å²) in [6, 6.07) is 15.3. The molecule has 8 heteroatoms. The van der Waals surface area contributed by atoms with Crippen LogP contribution in [0.25, 0.3) is 11.4 Å². The molecule has 1 aliphatic rings. The van der Waals surface area contributed by atoms with E-state index >= 15 is 0 Å². The van der Waals surface area contributed by atoms with E-state index in [0.717, 1.165) is 5.56 Å². The monoisotopic (exact) mass is 380 g/mol. The molecule has 0 spiro atoms. The van der Waals surface area contributed by atoms with Crippen LogP contribution in [0.4, 0.5) is 4.39 Å². The maximum atomic E-state index is 13.1. The van der Waals surface area contributed by atoms with Gasteiger partial charge in [-0.15, -0.1) is 0 Å². The number of carbonyl (C=O) groups excluding carboxylic acids is 1. The number of benzene rings is 2. The van der Waals surface area contributed by atoms with E-state index in [2.05, 4.69) is 20.6 Å². The largest absolute Gasteiger partial charge is 0.381 e. The molecular formula is C20H17FN4O3. The number of nitrogens with zero attached hydrogens (tertiary/aromatic N) is 3. The van der Waals surface area contributed by atoms with E-state index in [-0.39, 0.29) is 30.1 Å². The minimum Gasteiger partial charge on any atom is -0.381 e. The molecule has 0 saturated heterocycles. The van der Waals surface area contributed by atoms with E-state index < -0.39 is 6.10 Å². The van der Waals surface area contributed by atoms with Gasteiger partial charge in [-0.05, 0) is 17.7 Å². The maximum Gasteiger partial charge on any atom is 0.265 e. The fraction of sp³-hybridized carbons (Fsp3) is 0.200. The van der Waals surface area contributed by atoms with Crippen molar-refractivity contribution in [2.75, 3.05) is 0 Å². The number of hydrogen-bond acceptors (Lipinski definition) is 6. The summed E-state index contributed by atoms with van der Waals surface area (Å²) in [4.78, 5) is 22.1. The van der Waals surface area contributed by atoms with Gasteiger partial charge in [0.2, 0.25) is 17.8 Å². The van der Waals surface area contributed by atoms with Crippen LogP contribution in [0.2, 0.25) is 0 Å². The summed E-state index contributed by atoms with van der Waals surface area (Å²) >= 11 is 0. The number of rotatable bonds is 5. The second-order valence-corrected chi connectivity index (χ2v) is 6.39. The van der Waals surface area contributed by atoms with Crippen LogP contribution in [0.5, 0.6) is 0 Å². The lowest BCUT2D eigenvalue weighted by molar-refractivity contribution is -0.133. The summed E-state index contributed by atoms with van der Waals surface area (Å²) in [5.41, 5.74) is 2.15. The van der Waals surface area contributed by atoms with Crippen molar-refractivity contribution in [3.05, 3.63) is 71.9 Å². The molecule has 142 valence electrons. The van der Waals surface area contributed by atoms with Crippen molar-refractivity contribution >= 4 is 11.6 Å². The average molecular weight is 380 g/mol. The average Bonchev–Trinajstić information content (AvgIpc) is 3.34. The quantitative estimate of drug-likeness (QED) is 0.735. The molecule has 0 aliphatic carbocycles. The number of carbonyl (C=O) groups is 1. The van der Waals surface area contributed by atoms with Crippen LogP contribution in [0.3, 0.4) is 0 Å². The Bertz CT molecular complexity index is 1000. The van der Waals surface area contributed by atoms with E-state index in [1.807, 2.05) is 37.3 Å². The van der Waals surface area contributed by atoms with Crippen molar-refractivity contribution < 1.29 is 18.5 Å². The SMILES string of the molecule is C[C@@H]1C(c2ccc(F)cc2)=NO[C@H]1C(=O)NCc1nc(-c2ccccc2)no1. The Hall–Kier alpha value is -3.55. The third-order valence-corrected chi connectivity index (χ3v) is 4.46. The number of halogens is 1. The second kappa shape index (κ2) is 7.59. The molecule has 2 aromatic carbocycles. The van der Waals surface area contributed by atoms with Crippen LogP contribution in [0, 0.1) is 11.7 Å². The minimum absolute atomic E-state index is 0.0805. The highest BCUT2D eigenvalue weighted by molar-refractivity contribution is 6.05. The predicted molar refractivity (Wildman–Crippen MR) is 98.6 cm³/mol. The Morgan fingerprint density at radius 3 is 2.61 bits per heavy atom. The Kier molecular flexibility index (Phi) is 4.84. The van der Waals surface area contributed by atoms with Gasteiger partial charge in [-0.2, -0.15) is 4.98 Å². The summed E-state index contributed by atoms with van der Waals surface area (Å²) in [6.07, 6.45) is -0.781. The molecule has 7 nitrogen and oxygen atoms in total. The van der Waals surface area contributed by atoms with Crippen molar-refractivity contribution in [1.29, 1.82) is 0 Å². The minimum atomic E-state index is -0.781. The molecule has 3 aromatic rings. The first-order valence-corrected chi connectivity index (χ1v) is 8.77. The van der Waals surface area contributed by atoms with Gasteiger partial charge in [-0.3, -0.25) is 4.79 Å². The maximum absolute atomic E-state index is 13.1. The summed E-state index contributed by atoms with van der Waals surface area (Å²) < 4.78 is 18.3. The van der Waals surface area contributed by atoms with Gasteiger partial charge in [-0.1, -0.05) is 59.7 Å². The lowest BCUT2D eigenvalue weighted by atomic mass is 9.94. The Balaban J connectivity index is 1.36. The van der Waals surface area contributed by atoms with E-state index in [4.69, 9.17) is 9.36 Å². The molecule has 0 fully saturated rings. The standard InChI is InChI=1S/C20H17FN4O3/c1-12-17(13-7-9-15(21)10-8-13)24-28-18(12)20(26)22-11-16-23-19(25-27-16)14-5-3-2-4-6-14/h2-10,12,18H,11H2,1H3,(H,22,26)/t12-,18-/m1/s1. The predicted octanol–water partition coefficient (Wildman–Crippen LogP) is 2.93. The zero-order valence-electron chi connectivity index (χ0n) is 15.0. The van der Waals surface area contributed by atoms with Gasteiger partial charge < -0.3 is 14.7 Å². The van der Waals surface area contributed by atoms with Gasteiger partial charge in [0.15, 0.2) is 0 Å². The summed E-state index contributed by atoms with van der Waals surface area (Å²) in [5.74, 6) is -0.213. The first-order chi connectivity index (χ1) is 13.6. The molecule has 1 aromatic heterocycles. The number of oxime groups is 1. The van der Waals surface area contributed by atoms with Crippen molar-refractivity contribution in [2.45, 2.75) is 19.6 Å². The zero-order valence-corrected chi connectivity index (χ0v) is 15.0. The van der Waals surface area contributed by atoms with E-state index in [1.54, 1.807) is 12.1 Å². The van der Waals surface area contributed by atoms with Gasteiger partial charge in [-0.25, -0.2) is 4.39 Å². The normalized spacial score (nSPS) is 18.4. The first kappa shape index (κ1) is 17.8. The summed E-state index contributed by atoms with van der Waals surface area (Å²) in [5, 5.41) is 10.6. The van der Waals surface area contributed by atoms with Gasteiger partial charge in [0.25, 0.3) is 5.91 Å². The lowest BCUT2D eigenvalue weighted by Gasteiger charge is -2.13. The molecule has 1 aliphatic heterocycles. The molecule has 0 radical (unpaired) electrons. The number of nitrogens with one attached hydrogen (secondary N) is 1. The molecule has 1 N–H and O–H groups in total. The highest BCUT2D eigenvalue weighted by atomic mass is 19.1. The molecule has 0 unspecified atom stereocenters. The fourth-order valence-corrected chi connectivity index (χ4v) is 2.94. The van der Waals surface area contributed by atoms with Crippen LogP contribution in [-0.4, -0.2) is 27.9 Å². The topological polar surface area (TPSA) is 89.6 Å². The summed E-state index contributed by atoms with van der Waals surface area (Å²) in [6.45, 7) is 1.91. The molecular weight excluding hydrogens is 363 g/mol. The van der Waals surface area contributed by atoms with Crippen LogP contribution in [0.1, 0.15) is 18.4 Å². The first-order valence-electron chi connectivity index (χ1n) is 8.77. The summed E-state index contributed by atoms with van der Waals surface area (Å²) in [7, 11) is 0. The van der Waals surface area contributed by atoms with Crippen molar-refractivity contribution in [2.24, 2.45) is 11.1 Å². The van der Waals surface area contributed by atoms with E-state index in [1.165, 1.54) is 12.1 Å². The second-order valence-electron chi connectivity index (χ2n) is 6.39. The molecule has 4 rings (SSSR count). The molecule has 0 bridgehead atoms. The Labute approximate surface area is 160 Å². The number of aromatic nitrogens is 2. The molecule has 1 amide bonds. The highest BCUT2D eigenvalue weighted by Gasteiger charge is 2.36. The Morgan fingerprint density at radius 2 is 1.86 bits per heavy atom. The molecule has 28 heavy (non-hydrogen) atoms. The van der Waals surface area contributed by atoms with Gasteiger partial charge in [0, 0.05) is 5.56 Å². The van der Waals surface area contributed by atoms with Gasteiger partial charge in [0.05, 0.1) is 18.2 Å². The molecule has 2 atom stereocenters. The van der Waals surface area contributed by atoms with Gasteiger partial charge in [0.1, 0.15) is 5.82 Å². The van der Waals surface area contributed by atoms with E-state index in [0.29, 0.717) is 17.1 Å².